The molecule has 10 heteroatoms. The molecule has 0 radical (unpaired) electrons. The summed E-state index contributed by atoms with van der Waals surface area (Å²) in [5, 5.41) is 13.5. The number of hydrogen-bond acceptors (Lipinski definition) is 7. The summed E-state index contributed by atoms with van der Waals surface area (Å²) in [7, 11) is 0. The molecule has 0 unspecified atom stereocenters. The molecule has 2 aromatic rings. The molecule has 0 saturated carbocycles. The van der Waals surface area contributed by atoms with Crippen LogP contribution in [0.4, 0.5) is 10.1 Å². The number of carbonyl (C=O) groups is 2. The largest absolute Gasteiger partial charge is 0.454 e. The van der Waals surface area contributed by atoms with Gasteiger partial charge in [-0.25, -0.2) is 9.18 Å². The molecule has 3 rings (SSSR count). The van der Waals surface area contributed by atoms with Crippen molar-refractivity contribution in [3.8, 4) is 11.5 Å². The fourth-order valence-corrected chi connectivity index (χ4v) is 2.34. The van der Waals surface area contributed by atoms with Crippen LogP contribution in [0.1, 0.15) is 15.9 Å². The average molecular weight is 376 g/mol. The number of nitro groups is 1. The molecule has 1 amide bonds. The maximum Gasteiger partial charge on any atom is 0.345 e. The summed E-state index contributed by atoms with van der Waals surface area (Å²) in [5.74, 6) is -1.93. The van der Waals surface area contributed by atoms with Crippen molar-refractivity contribution in [1.82, 2.24) is 5.32 Å². The Bertz CT molecular complexity index is 916. The highest BCUT2D eigenvalue weighted by Crippen LogP contribution is 2.38. The number of halogens is 1. The molecular formula is C17H13FN2O7. The maximum absolute atomic E-state index is 13.5. The SMILES string of the molecule is O=C(COC(=O)c1cc2c(cc1[N+](=O)[O-])OCO2)NCc1ccccc1F. The molecule has 0 spiro atoms. The Morgan fingerprint density at radius 3 is 2.63 bits per heavy atom. The van der Waals surface area contributed by atoms with Crippen LogP contribution in [0.5, 0.6) is 11.5 Å². The average Bonchev–Trinajstić information content (AvgIpc) is 3.12. The number of esters is 1. The fourth-order valence-electron chi connectivity index (χ4n) is 2.34. The van der Waals surface area contributed by atoms with Gasteiger partial charge >= 0.3 is 5.97 Å². The number of amides is 1. The predicted octanol–water partition coefficient (Wildman–Crippen LogP) is 1.94. The van der Waals surface area contributed by atoms with Crippen molar-refractivity contribution in [2.45, 2.75) is 6.54 Å². The van der Waals surface area contributed by atoms with Crippen LogP contribution in [0.3, 0.4) is 0 Å². The minimum absolute atomic E-state index is 0.0901. The lowest BCUT2D eigenvalue weighted by atomic mass is 10.1. The zero-order chi connectivity index (χ0) is 19.4. The number of carbonyl (C=O) groups excluding carboxylic acids is 2. The fraction of sp³-hybridized carbons (Fsp3) is 0.176. The van der Waals surface area contributed by atoms with Gasteiger partial charge in [-0.3, -0.25) is 14.9 Å². The highest BCUT2D eigenvalue weighted by atomic mass is 19.1. The molecule has 1 aliphatic rings. The Balaban J connectivity index is 1.61. The summed E-state index contributed by atoms with van der Waals surface area (Å²) >= 11 is 0. The van der Waals surface area contributed by atoms with Gasteiger partial charge in [0.2, 0.25) is 6.79 Å². The zero-order valence-electron chi connectivity index (χ0n) is 13.8. The number of benzene rings is 2. The maximum atomic E-state index is 13.5. The van der Waals surface area contributed by atoms with Gasteiger partial charge in [-0.2, -0.15) is 0 Å². The third-order valence-corrected chi connectivity index (χ3v) is 3.68. The summed E-state index contributed by atoms with van der Waals surface area (Å²) < 4.78 is 28.4. The van der Waals surface area contributed by atoms with Gasteiger partial charge in [0.25, 0.3) is 11.6 Å². The lowest BCUT2D eigenvalue weighted by Crippen LogP contribution is -2.28. The van der Waals surface area contributed by atoms with Crippen LogP contribution in [0, 0.1) is 15.9 Å². The normalized spacial score (nSPS) is 11.7. The number of hydrogen-bond donors (Lipinski definition) is 1. The van der Waals surface area contributed by atoms with Crippen molar-refractivity contribution >= 4 is 17.6 Å². The molecule has 0 fully saturated rings. The van der Waals surface area contributed by atoms with Crippen LogP contribution in [0.25, 0.3) is 0 Å². The van der Waals surface area contributed by atoms with E-state index < -0.39 is 34.9 Å². The highest BCUT2D eigenvalue weighted by molar-refractivity contribution is 5.96. The lowest BCUT2D eigenvalue weighted by molar-refractivity contribution is -0.385. The van der Waals surface area contributed by atoms with Crippen LogP contribution in [-0.2, 0) is 16.1 Å². The molecule has 1 aliphatic heterocycles. The third kappa shape index (κ3) is 4.11. The molecule has 27 heavy (non-hydrogen) atoms. The van der Waals surface area contributed by atoms with Gasteiger partial charge in [-0.15, -0.1) is 0 Å². The highest BCUT2D eigenvalue weighted by Gasteiger charge is 2.28. The van der Waals surface area contributed by atoms with Gasteiger partial charge in [-0.05, 0) is 6.07 Å². The van der Waals surface area contributed by atoms with E-state index in [0.29, 0.717) is 0 Å². The van der Waals surface area contributed by atoms with Gasteiger partial charge in [0.15, 0.2) is 18.1 Å². The van der Waals surface area contributed by atoms with E-state index in [1.807, 2.05) is 0 Å². The summed E-state index contributed by atoms with van der Waals surface area (Å²) in [6.07, 6.45) is 0. The van der Waals surface area contributed by atoms with Gasteiger partial charge < -0.3 is 19.5 Å². The Kier molecular flexibility index (Phi) is 5.15. The molecule has 0 bridgehead atoms. The van der Waals surface area contributed by atoms with Crippen molar-refractivity contribution in [2.75, 3.05) is 13.4 Å². The minimum atomic E-state index is -1.07. The third-order valence-electron chi connectivity index (χ3n) is 3.68. The van der Waals surface area contributed by atoms with Crippen molar-refractivity contribution in [1.29, 1.82) is 0 Å². The number of nitrogens with one attached hydrogen (secondary N) is 1. The molecule has 0 saturated heterocycles. The molecule has 0 atom stereocenters. The van der Waals surface area contributed by atoms with E-state index in [4.69, 9.17) is 14.2 Å². The number of ether oxygens (including phenoxy) is 3. The van der Waals surface area contributed by atoms with E-state index in [1.54, 1.807) is 6.07 Å². The van der Waals surface area contributed by atoms with E-state index >= 15 is 0 Å². The van der Waals surface area contributed by atoms with Gasteiger partial charge in [0, 0.05) is 18.2 Å². The zero-order valence-corrected chi connectivity index (χ0v) is 13.8. The van der Waals surface area contributed by atoms with Crippen molar-refractivity contribution in [3.05, 3.63) is 63.5 Å². The molecule has 1 heterocycles. The van der Waals surface area contributed by atoms with Crippen LogP contribution in [0.15, 0.2) is 36.4 Å². The minimum Gasteiger partial charge on any atom is -0.454 e. The Labute approximate surface area is 151 Å². The Morgan fingerprint density at radius 1 is 1.22 bits per heavy atom. The smallest absolute Gasteiger partial charge is 0.345 e. The van der Waals surface area contributed by atoms with Gasteiger partial charge in [0.1, 0.15) is 11.4 Å². The van der Waals surface area contributed by atoms with Crippen LogP contribution in [-0.4, -0.2) is 30.2 Å². The second kappa shape index (κ2) is 7.68. The van der Waals surface area contributed by atoms with Gasteiger partial charge in [-0.1, -0.05) is 18.2 Å². The predicted molar refractivity (Wildman–Crippen MR) is 87.7 cm³/mol. The quantitative estimate of drug-likeness (QED) is 0.465. The summed E-state index contributed by atoms with van der Waals surface area (Å²) in [6, 6.07) is 8.05. The van der Waals surface area contributed by atoms with Crippen molar-refractivity contribution < 1.29 is 33.1 Å². The van der Waals surface area contributed by atoms with Crippen LogP contribution in [0.2, 0.25) is 0 Å². The van der Waals surface area contributed by atoms with E-state index in [2.05, 4.69) is 5.32 Å². The molecule has 2 aromatic carbocycles. The number of nitro benzene ring substituents is 1. The number of fused-ring (bicyclic) bond motifs is 1. The molecule has 0 aromatic heterocycles. The Morgan fingerprint density at radius 2 is 1.93 bits per heavy atom. The first kappa shape index (κ1) is 18.1. The van der Waals surface area contributed by atoms with Crippen molar-refractivity contribution in [2.24, 2.45) is 0 Å². The monoisotopic (exact) mass is 376 g/mol. The second-order valence-corrected chi connectivity index (χ2v) is 5.42. The number of rotatable bonds is 6. The Hall–Kier alpha value is -3.69. The van der Waals surface area contributed by atoms with Crippen molar-refractivity contribution in [3.63, 3.8) is 0 Å². The standard InChI is InChI=1S/C17H13FN2O7/c18-12-4-2-1-3-10(12)7-19-16(21)8-25-17(22)11-5-14-15(27-9-26-14)6-13(11)20(23)24/h1-6H,7-9H2,(H,19,21). The first-order valence-electron chi connectivity index (χ1n) is 7.71. The molecule has 1 N–H and O–H groups in total. The summed E-state index contributed by atoms with van der Waals surface area (Å²) in [6.45, 7) is -0.893. The first-order valence-corrected chi connectivity index (χ1v) is 7.71. The van der Waals surface area contributed by atoms with Crippen LogP contribution < -0.4 is 14.8 Å². The molecule has 0 aliphatic carbocycles. The van der Waals surface area contributed by atoms with Crippen LogP contribution >= 0.6 is 0 Å². The van der Waals surface area contributed by atoms with E-state index in [0.717, 1.165) is 12.1 Å². The summed E-state index contributed by atoms with van der Waals surface area (Å²) in [4.78, 5) is 34.3. The second-order valence-electron chi connectivity index (χ2n) is 5.42. The van der Waals surface area contributed by atoms with E-state index in [-0.39, 0.29) is 36.0 Å². The summed E-state index contributed by atoms with van der Waals surface area (Å²) in [5.41, 5.74) is -0.634. The molecule has 140 valence electrons. The molecule has 9 nitrogen and oxygen atoms in total. The first-order chi connectivity index (χ1) is 13.0. The topological polar surface area (TPSA) is 117 Å². The molecular weight excluding hydrogens is 363 g/mol. The number of nitrogens with zero attached hydrogens (tertiary/aromatic N) is 1. The van der Waals surface area contributed by atoms with Gasteiger partial charge in [0.05, 0.1) is 11.0 Å². The van der Waals surface area contributed by atoms with E-state index in [9.17, 15) is 24.1 Å². The lowest BCUT2D eigenvalue weighted by Gasteiger charge is -2.08. The van der Waals surface area contributed by atoms with E-state index in [1.165, 1.54) is 18.2 Å².